The Hall–Kier alpha value is -2.86. The minimum atomic E-state index is -0.241. The predicted molar refractivity (Wildman–Crippen MR) is 117 cm³/mol. The third kappa shape index (κ3) is 3.98. The molecule has 148 valence electrons. The highest BCUT2D eigenvalue weighted by Gasteiger charge is 2.17. The van der Waals surface area contributed by atoms with Crippen molar-refractivity contribution in [1.29, 1.82) is 0 Å². The molecule has 6 heteroatoms. The number of aromatic nitrogens is 3. The monoisotopic (exact) mass is 407 g/mol. The van der Waals surface area contributed by atoms with Crippen LogP contribution in [-0.4, -0.2) is 14.5 Å². The number of H-pyrrole nitrogens is 1. The van der Waals surface area contributed by atoms with E-state index >= 15 is 0 Å². The molecule has 4 aromatic rings. The van der Waals surface area contributed by atoms with E-state index in [1.54, 1.807) is 16.7 Å². The lowest BCUT2D eigenvalue weighted by atomic mass is 10.1. The molecule has 4 nitrogen and oxygen atoms in total. The minimum Gasteiger partial charge on any atom is -0.355 e. The van der Waals surface area contributed by atoms with Crippen molar-refractivity contribution in [3.05, 3.63) is 82.5 Å². The first-order chi connectivity index (χ1) is 14.2. The van der Waals surface area contributed by atoms with Gasteiger partial charge >= 0.3 is 0 Å². The molecule has 0 aliphatic heterocycles. The smallest absolute Gasteiger partial charge is 0.278 e. The van der Waals surface area contributed by atoms with Crippen molar-refractivity contribution < 1.29 is 4.39 Å². The van der Waals surface area contributed by atoms with Gasteiger partial charge in [-0.1, -0.05) is 73.6 Å². The Morgan fingerprint density at radius 1 is 1.10 bits per heavy atom. The first-order valence-corrected chi connectivity index (χ1v) is 10.7. The van der Waals surface area contributed by atoms with E-state index in [2.05, 4.69) is 11.9 Å². The molecular weight excluding hydrogens is 385 g/mol. The summed E-state index contributed by atoms with van der Waals surface area (Å²) in [7, 11) is 0. The summed E-state index contributed by atoms with van der Waals surface area (Å²) < 4.78 is 15.8. The van der Waals surface area contributed by atoms with Crippen LogP contribution in [0.2, 0.25) is 0 Å². The maximum atomic E-state index is 14.1. The molecule has 2 heterocycles. The largest absolute Gasteiger partial charge is 0.355 e. The second kappa shape index (κ2) is 8.66. The molecule has 0 bridgehead atoms. The standard InChI is InChI=1S/C23H22FN3OS/c1-2-3-13-27-22(28)21-20(18(14-25-21)16-9-5-4-6-10-16)26-23(27)29-15-17-11-7-8-12-19(17)24/h4-12,14,25H,2-3,13,15H2,1H3. The summed E-state index contributed by atoms with van der Waals surface area (Å²) in [4.78, 5) is 21.1. The van der Waals surface area contributed by atoms with Crippen molar-refractivity contribution >= 4 is 22.8 Å². The molecule has 0 atom stereocenters. The summed E-state index contributed by atoms with van der Waals surface area (Å²) in [5, 5.41) is 0.621. The van der Waals surface area contributed by atoms with Gasteiger partial charge in [0.2, 0.25) is 0 Å². The van der Waals surface area contributed by atoms with Gasteiger partial charge in [-0.25, -0.2) is 9.37 Å². The van der Waals surface area contributed by atoms with E-state index in [9.17, 15) is 9.18 Å². The second-order valence-electron chi connectivity index (χ2n) is 6.88. The van der Waals surface area contributed by atoms with Crippen molar-refractivity contribution in [2.24, 2.45) is 0 Å². The van der Waals surface area contributed by atoms with Gasteiger partial charge in [0.15, 0.2) is 5.16 Å². The normalized spacial score (nSPS) is 11.2. The molecule has 0 aliphatic carbocycles. The SMILES string of the molecule is CCCCn1c(SCc2ccccc2F)nc2c(-c3ccccc3)c[nH]c2c1=O. The Balaban J connectivity index is 1.79. The lowest BCUT2D eigenvalue weighted by Crippen LogP contribution is -2.23. The third-order valence-electron chi connectivity index (χ3n) is 4.88. The summed E-state index contributed by atoms with van der Waals surface area (Å²) in [6, 6.07) is 16.6. The van der Waals surface area contributed by atoms with Crippen molar-refractivity contribution in [3.8, 4) is 11.1 Å². The number of nitrogens with zero attached hydrogens (tertiary/aromatic N) is 2. The van der Waals surface area contributed by atoms with Crippen LogP contribution in [0.15, 0.2) is 70.7 Å². The average Bonchev–Trinajstić information content (AvgIpc) is 3.17. The van der Waals surface area contributed by atoms with Crippen LogP contribution < -0.4 is 5.56 Å². The van der Waals surface area contributed by atoms with Crippen LogP contribution in [0.25, 0.3) is 22.2 Å². The highest BCUT2D eigenvalue weighted by molar-refractivity contribution is 7.98. The first-order valence-electron chi connectivity index (χ1n) is 9.72. The lowest BCUT2D eigenvalue weighted by molar-refractivity contribution is 0.557. The summed E-state index contributed by atoms with van der Waals surface area (Å²) in [5.74, 6) is 0.178. The summed E-state index contributed by atoms with van der Waals surface area (Å²) in [6.45, 7) is 2.68. The van der Waals surface area contributed by atoms with Crippen LogP contribution in [0.4, 0.5) is 4.39 Å². The van der Waals surface area contributed by atoms with Gasteiger partial charge in [0.25, 0.3) is 5.56 Å². The zero-order valence-electron chi connectivity index (χ0n) is 16.2. The van der Waals surface area contributed by atoms with Crippen molar-refractivity contribution in [3.63, 3.8) is 0 Å². The molecule has 0 radical (unpaired) electrons. The minimum absolute atomic E-state index is 0.0818. The van der Waals surface area contributed by atoms with E-state index < -0.39 is 0 Å². The highest BCUT2D eigenvalue weighted by Crippen LogP contribution is 2.29. The van der Waals surface area contributed by atoms with Crippen LogP contribution in [-0.2, 0) is 12.3 Å². The Kier molecular flexibility index (Phi) is 5.81. The van der Waals surface area contributed by atoms with Gasteiger partial charge in [-0.05, 0) is 23.6 Å². The maximum absolute atomic E-state index is 14.1. The molecule has 0 saturated heterocycles. The quantitative estimate of drug-likeness (QED) is 0.319. The number of hydrogen-bond donors (Lipinski definition) is 1. The topological polar surface area (TPSA) is 50.7 Å². The van der Waals surface area contributed by atoms with Gasteiger partial charge in [0.05, 0.1) is 0 Å². The molecule has 2 aromatic heterocycles. The molecule has 4 rings (SSSR count). The number of nitrogens with one attached hydrogen (secondary N) is 1. The van der Waals surface area contributed by atoms with Crippen molar-refractivity contribution in [2.75, 3.05) is 0 Å². The molecule has 1 N–H and O–H groups in total. The van der Waals surface area contributed by atoms with Gasteiger partial charge in [0, 0.05) is 24.1 Å². The molecule has 29 heavy (non-hydrogen) atoms. The molecule has 0 amide bonds. The fourth-order valence-corrected chi connectivity index (χ4v) is 4.30. The number of halogens is 1. The van der Waals surface area contributed by atoms with E-state index in [-0.39, 0.29) is 11.4 Å². The first kappa shape index (κ1) is 19.5. The maximum Gasteiger partial charge on any atom is 0.278 e. The zero-order chi connectivity index (χ0) is 20.2. The Morgan fingerprint density at radius 2 is 1.86 bits per heavy atom. The molecule has 0 fully saturated rings. The third-order valence-corrected chi connectivity index (χ3v) is 5.91. The van der Waals surface area contributed by atoms with E-state index in [4.69, 9.17) is 4.98 Å². The van der Waals surface area contributed by atoms with E-state index in [0.29, 0.717) is 34.1 Å². The summed E-state index contributed by atoms with van der Waals surface area (Å²) >= 11 is 1.40. The highest BCUT2D eigenvalue weighted by atomic mass is 32.2. The van der Waals surface area contributed by atoms with Crippen LogP contribution in [0.3, 0.4) is 0 Å². The molecule has 2 aromatic carbocycles. The molecular formula is C23H22FN3OS. The number of thioether (sulfide) groups is 1. The average molecular weight is 408 g/mol. The summed E-state index contributed by atoms with van der Waals surface area (Å²) in [6.07, 6.45) is 3.69. The zero-order valence-corrected chi connectivity index (χ0v) is 17.0. The molecule has 0 spiro atoms. The fourth-order valence-electron chi connectivity index (χ4n) is 3.29. The van der Waals surface area contributed by atoms with Crippen LogP contribution >= 0.6 is 11.8 Å². The van der Waals surface area contributed by atoms with Gasteiger partial charge in [0.1, 0.15) is 16.9 Å². The fraction of sp³-hybridized carbons (Fsp3) is 0.217. The van der Waals surface area contributed by atoms with Crippen molar-refractivity contribution in [2.45, 2.75) is 37.2 Å². The Morgan fingerprint density at radius 3 is 2.62 bits per heavy atom. The van der Waals surface area contributed by atoms with Gasteiger partial charge in [-0.2, -0.15) is 0 Å². The number of rotatable bonds is 7. The molecule has 0 unspecified atom stereocenters. The Bertz CT molecular complexity index is 1180. The van der Waals surface area contributed by atoms with Gasteiger partial charge < -0.3 is 4.98 Å². The number of hydrogen-bond acceptors (Lipinski definition) is 3. The molecule has 0 saturated carbocycles. The van der Waals surface area contributed by atoms with Crippen LogP contribution in [0.1, 0.15) is 25.3 Å². The van der Waals surface area contributed by atoms with Crippen LogP contribution in [0.5, 0.6) is 0 Å². The van der Waals surface area contributed by atoms with Crippen LogP contribution in [0, 0.1) is 5.82 Å². The Labute approximate surface area is 172 Å². The number of aromatic amines is 1. The second-order valence-corrected chi connectivity index (χ2v) is 7.82. The van der Waals surface area contributed by atoms with E-state index in [0.717, 1.165) is 24.0 Å². The van der Waals surface area contributed by atoms with E-state index in [1.165, 1.54) is 17.8 Å². The predicted octanol–water partition coefficient (Wildman–Crippen LogP) is 5.62. The van der Waals surface area contributed by atoms with E-state index in [1.807, 2.05) is 42.6 Å². The number of fused-ring (bicyclic) bond motifs is 1. The van der Waals surface area contributed by atoms with Crippen molar-refractivity contribution in [1.82, 2.24) is 14.5 Å². The lowest BCUT2D eigenvalue weighted by Gasteiger charge is -2.12. The van der Waals surface area contributed by atoms with Gasteiger partial charge in [-0.3, -0.25) is 9.36 Å². The number of benzene rings is 2. The molecule has 0 aliphatic rings. The number of unbranched alkanes of at least 4 members (excludes halogenated alkanes) is 1. The summed E-state index contributed by atoms with van der Waals surface area (Å²) in [5.41, 5.74) is 3.59. The van der Waals surface area contributed by atoms with Gasteiger partial charge in [-0.15, -0.1) is 0 Å².